The van der Waals surface area contributed by atoms with Gasteiger partial charge in [-0.2, -0.15) is 0 Å². The highest BCUT2D eigenvalue weighted by molar-refractivity contribution is 7.18. The fourth-order valence-corrected chi connectivity index (χ4v) is 2.68. The van der Waals surface area contributed by atoms with E-state index in [2.05, 4.69) is 4.98 Å². The van der Waals surface area contributed by atoms with Crippen LogP contribution >= 0.6 is 11.3 Å². The molecule has 70 valence electrons. The Kier molecular flexibility index (Phi) is 1.33. The molecule has 0 amide bonds. The molecule has 0 bridgehead atoms. The molecule has 2 aromatic heterocycles. The van der Waals surface area contributed by atoms with Gasteiger partial charge in [0.2, 0.25) is 0 Å². The third-order valence-electron chi connectivity index (χ3n) is 2.51. The minimum atomic E-state index is 0.796. The molecule has 1 aromatic carbocycles. The van der Waals surface area contributed by atoms with Gasteiger partial charge in [-0.15, -0.1) is 11.3 Å². The summed E-state index contributed by atoms with van der Waals surface area (Å²) in [6.45, 7) is 0. The van der Waals surface area contributed by atoms with Gasteiger partial charge in [-0.3, -0.25) is 0 Å². The van der Waals surface area contributed by atoms with Gasteiger partial charge in [0.05, 0.1) is 15.9 Å². The van der Waals surface area contributed by atoms with Crippen LogP contribution < -0.4 is 11.5 Å². The maximum absolute atomic E-state index is 6.04. The lowest BCUT2D eigenvalue weighted by molar-refractivity contribution is 1.48. The second-order valence-electron chi connectivity index (χ2n) is 3.26. The van der Waals surface area contributed by atoms with Crippen molar-refractivity contribution in [3.05, 3.63) is 23.7 Å². The van der Waals surface area contributed by atoms with E-state index in [9.17, 15) is 0 Å². The Morgan fingerprint density at radius 1 is 1.07 bits per heavy atom. The quantitative estimate of drug-likeness (QED) is 0.388. The molecule has 0 atom stereocenters. The Hall–Kier alpha value is -1.68. The summed E-state index contributed by atoms with van der Waals surface area (Å²) in [5.41, 5.74) is 14.6. The number of aromatic amines is 1. The number of thiophene rings is 1. The minimum Gasteiger partial charge on any atom is -0.398 e. The lowest BCUT2D eigenvalue weighted by Gasteiger charge is -2.03. The molecule has 3 rings (SSSR count). The predicted molar refractivity (Wildman–Crippen MR) is 62.5 cm³/mol. The third-order valence-corrected chi connectivity index (χ3v) is 3.45. The number of aromatic nitrogens is 1. The summed E-state index contributed by atoms with van der Waals surface area (Å²) in [5.74, 6) is 0. The number of nitrogens with two attached hydrogens (primary N) is 2. The first-order valence-corrected chi connectivity index (χ1v) is 5.18. The summed E-state index contributed by atoms with van der Waals surface area (Å²) in [4.78, 5) is 3.11. The molecule has 14 heavy (non-hydrogen) atoms. The number of hydrogen-bond acceptors (Lipinski definition) is 3. The van der Waals surface area contributed by atoms with Crippen molar-refractivity contribution in [2.24, 2.45) is 0 Å². The van der Waals surface area contributed by atoms with Crippen molar-refractivity contribution in [3.63, 3.8) is 0 Å². The Balaban J connectivity index is 2.72. The first-order chi connectivity index (χ1) is 6.79. The van der Waals surface area contributed by atoms with E-state index >= 15 is 0 Å². The summed E-state index contributed by atoms with van der Waals surface area (Å²) in [6.07, 6.45) is 1.86. The third kappa shape index (κ3) is 0.761. The van der Waals surface area contributed by atoms with Crippen molar-refractivity contribution < 1.29 is 0 Å². The number of nitrogens with one attached hydrogen (secondary N) is 1. The summed E-state index contributed by atoms with van der Waals surface area (Å²) in [5, 5.41) is 4.07. The van der Waals surface area contributed by atoms with Gasteiger partial charge in [-0.05, 0) is 17.5 Å². The Labute approximate surface area is 84.3 Å². The van der Waals surface area contributed by atoms with Crippen molar-refractivity contribution in [1.82, 2.24) is 4.98 Å². The van der Waals surface area contributed by atoms with E-state index in [1.165, 1.54) is 0 Å². The number of hydrogen-bond donors (Lipinski definition) is 3. The lowest BCUT2D eigenvalue weighted by Crippen LogP contribution is -1.92. The van der Waals surface area contributed by atoms with E-state index in [0.29, 0.717) is 0 Å². The molecule has 0 aliphatic carbocycles. The Morgan fingerprint density at radius 3 is 2.79 bits per heavy atom. The number of benzene rings is 1. The van der Waals surface area contributed by atoms with Crippen LogP contribution in [-0.2, 0) is 0 Å². The molecule has 0 spiro atoms. The minimum absolute atomic E-state index is 0.796. The van der Waals surface area contributed by atoms with E-state index in [4.69, 9.17) is 11.5 Å². The molecule has 0 unspecified atom stereocenters. The molecule has 4 heteroatoms. The smallest absolute Gasteiger partial charge is 0.0742 e. The highest BCUT2D eigenvalue weighted by Crippen LogP contribution is 2.38. The van der Waals surface area contributed by atoms with Crippen LogP contribution in [0.15, 0.2) is 23.7 Å². The zero-order valence-corrected chi connectivity index (χ0v) is 8.19. The highest BCUT2D eigenvalue weighted by Gasteiger charge is 2.10. The van der Waals surface area contributed by atoms with Gasteiger partial charge in [0, 0.05) is 22.7 Å². The van der Waals surface area contributed by atoms with Crippen LogP contribution in [0.5, 0.6) is 0 Å². The lowest BCUT2D eigenvalue weighted by atomic mass is 10.1. The number of H-pyrrole nitrogens is 1. The van der Waals surface area contributed by atoms with E-state index in [0.717, 1.165) is 32.4 Å². The number of nitrogen functional groups attached to an aromatic ring is 2. The second kappa shape index (κ2) is 2.42. The van der Waals surface area contributed by atoms with Crippen molar-refractivity contribution in [1.29, 1.82) is 0 Å². The normalized spacial score (nSPS) is 11.4. The number of fused-ring (bicyclic) bond motifs is 2. The van der Waals surface area contributed by atoms with Crippen molar-refractivity contribution in [3.8, 4) is 0 Å². The van der Waals surface area contributed by atoms with Gasteiger partial charge in [0.1, 0.15) is 0 Å². The summed E-state index contributed by atoms with van der Waals surface area (Å²) < 4.78 is 1.07. The molecule has 3 aromatic rings. The Morgan fingerprint density at radius 2 is 1.93 bits per heavy atom. The van der Waals surface area contributed by atoms with Gasteiger partial charge in [-0.1, -0.05) is 0 Å². The Bertz CT molecular complexity index is 518. The summed E-state index contributed by atoms with van der Waals surface area (Å²) in [7, 11) is 0. The fourth-order valence-electron chi connectivity index (χ4n) is 1.81. The first kappa shape index (κ1) is 7.70. The van der Waals surface area contributed by atoms with Gasteiger partial charge < -0.3 is 16.5 Å². The van der Waals surface area contributed by atoms with Crippen LogP contribution in [-0.4, -0.2) is 4.98 Å². The van der Waals surface area contributed by atoms with Crippen LogP contribution in [0.25, 0.3) is 21.0 Å². The molecule has 0 aliphatic heterocycles. The van der Waals surface area contributed by atoms with Gasteiger partial charge >= 0.3 is 0 Å². The average Bonchev–Trinajstić information content (AvgIpc) is 2.82. The zero-order valence-electron chi connectivity index (χ0n) is 7.37. The molecule has 0 radical (unpaired) electrons. The first-order valence-electron chi connectivity index (χ1n) is 4.30. The SMILES string of the molecule is Nc1c2cc[nH]c2c(N)c2sccc12. The fraction of sp³-hybridized carbons (Fsp3) is 0. The van der Waals surface area contributed by atoms with Crippen LogP contribution in [0.1, 0.15) is 0 Å². The van der Waals surface area contributed by atoms with E-state index in [-0.39, 0.29) is 0 Å². The predicted octanol–water partition coefficient (Wildman–Crippen LogP) is 2.55. The van der Waals surface area contributed by atoms with Crippen LogP contribution in [0.4, 0.5) is 11.4 Å². The van der Waals surface area contributed by atoms with Gasteiger partial charge in [0.25, 0.3) is 0 Å². The molecular weight excluding hydrogens is 194 g/mol. The van der Waals surface area contributed by atoms with Crippen LogP contribution in [0.2, 0.25) is 0 Å². The molecule has 2 heterocycles. The molecular formula is C10H9N3S. The van der Waals surface area contributed by atoms with Gasteiger partial charge in [-0.25, -0.2) is 0 Å². The molecule has 0 saturated heterocycles. The number of rotatable bonds is 0. The van der Waals surface area contributed by atoms with Crippen molar-refractivity contribution >= 4 is 43.7 Å². The second-order valence-corrected chi connectivity index (χ2v) is 4.17. The van der Waals surface area contributed by atoms with Crippen LogP contribution in [0, 0.1) is 0 Å². The standard InChI is InChI=1S/C10H9N3S/c11-7-5-1-3-13-9(5)8(12)10-6(7)2-4-14-10/h1-4,13H,11-12H2. The van der Waals surface area contributed by atoms with Gasteiger partial charge in [0.15, 0.2) is 0 Å². The van der Waals surface area contributed by atoms with E-state index in [1.54, 1.807) is 11.3 Å². The molecule has 0 fully saturated rings. The van der Waals surface area contributed by atoms with E-state index in [1.807, 2.05) is 23.7 Å². The summed E-state index contributed by atoms with van der Waals surface area (Å²) in [6, 6.07) is 3.97. The molecule has 5 N–H and O–H groups in total. The molecule has 0 aliphatic rings. The zero-order chi connectivity index (χ0) is 9.71. The summed E-state index contributed by atoms with van der Waals surface area (Å²) >= 11 is 1.62. The maximum atomic E-state index is 6.04. The average molecular weight is 203 g/mol. The molecule has 3 nitrogen and oxygen atoms in total. The van der Waals surface area contributed by atoms with Crippen molar-refractivity contribution in [2.45, 2.75) is 0 Å². The maximum Gasteiger partial charge on any atom is 0.0742 e. The number of anilines is 2. The van der Waals surface area contributed by atoms with Crippen molar-refractivity contribution in [2.75, 3.05) is 11.5 Å². The topological polar surface area (TPSA) is 67.8 Å². The highest BCUT2D eigenvalue weighted by atomic mass is 32.1. The van der Waals surface area contributed by atoms with E-state index < -0.39 is 0 Å². The largest absolute Gasteiger partial charge is 0.398 e. The molecule has 0 saturated carbocycles. The monoisotopic (exact) mass is 203 g/mol. The van der Waals surface area contributed by atoms with Crippen LogP contribution in [0.3, 0.4) is 0 Å².